The number of hydrogen-bond acceptors (Lipinski definition) is 3. The molecule has 2 heterocycles. The Morgan fingerprint density at radius 2 is 1.72 bits per heavy atom. The molecule has 0 bridgehead atoms. The number of nitrogens with one attached hydrogen (secondary N) is 1. The monoisotopic (exact) mass is 395 g/mol. The molecular formula is C23H29N3O3. The van der Waals surface area contributed by atoms with Gasteiger partial charge in [0.2, 0.25) is 17.7 Å². The maximum atomic E-state index is 12.8. The summed E-state index contributed by atoms with van der Waals surface area (Å²) in [6.07, 6.45) is 7.35. The number of benzene rings is 1. The largest absolute Gasteiger partial charge is 0.353 e. The van der Waals surface area contributed by atoms with Gasteiger partial charge in [0.15, 0.2) is 0 Å². The normalized spacial score (nSPS) is 24.7. The smallest absolute Gasteiger partial charge is 0.227 e. The third-order valence-corrected chi connectivity index (χ3v) is 6.97. The van der Waals surface area contributed by atoms with E-state index in [9.17, 15) is 14.4 Å². The van der Waals surface area contributed by atoms with Gasteiger partial charge in [0.1, 0.15) is 0 Å². The van der Waals surface area contributed by atoms with E-state index in [2.05, 4.69) is 17.4 Å². The number of anilines is 1. The first kappa shape index (κ1) is 18.6. The molecule has 1 aromatic carbocycles. The standard InChI is InChI=1S/C23H29N3O3/c27-21-13-18(14-26(21)20-7-6-15-2-1-3-17(15)12-20)22(28)24-19-8-10-25(11-9-19)23(29)16-4-5-16/h6-7,12,16,18-19H,1-5,8-11,13-14H2,(H,24,28). The van der Waals surface area contributed by atoms with Crippen LogP contribution in [0.15, 0.2) is 18.2 Å². The Hall–Kier alpha value is -2.37. The Balaban J connectivity index is 1.15. The third kappa shape index (κ3) is 3.77. The molecule has 1 atom stereocenters. The number of likely N-dealkylation sites (tertiary alicyclic amines) is 1. The van der Waals surface area contributed by atoms with Crippen LogP contribution in [0.2, 0.25) is 0 Å². The van der Waals surface area contributed by atoms with Crippen LogP contribution in [-0.2, 0) is 27.2 Å². The van der Waals surface area contributed by atoms with Crippen LogP contribution in [0.1, 0.15) is 49.7 Å². The lowest BCUT2D eigenvalue weighted by molar-refractivity contribution is -0.134. The molecule has 1 N–H and O–H groups in total. The summed E-state index contributed by atoms with van der Waals surface area (Å²) in [4.78, 5) is 41.3. The quantitative estimate of drug-likeness (QED) is 0.848. The van der Waals surface area contributed by atoms with Gasteiger partial charge in [-0.3, -0.25) is 14.4 Å². The predicted octanol–water partition coefficient (Wildman–Crippen LogP) is 2.05. The lowest BCUT2D eigenvalue weighted by Crippen LogP contribution is -2.48. The topological polar surface area (TPSA) is 69.7 Å². The minimum absolute atomic E-state index is 0.0195. The maximum Gasteiger partial charge on any atom is 0.227 e. The highest BCUT2D eigenvalue weighted by Gasteiger charge is 2.38. The van der Waals surface area contributed by atoms with Crippen molar-refractivity contribution in [1.29, 1.82) is 0 Å². The van der Waals surface area contributed by atoms with E-state index in [1.54, 1.807) is 4.90 Å². The average molecular weight is 396 g/mol. The van der Waals surface area contributed by atoms with Crippen LogP contribution >= 0.6 is 0 Å². The summed E-state index contributed by atoms with van der Waals surface area (Å²) < 4.78 is 0. The number of fused-ring (bicyclic) bond motifs is 1. The summed E-state index contributed by atoms with van der Waals surface area (Å²) in [7, 11) is 0. The summed E-state index contributed by atoms with van der Waals surface area (Å²) >= 11 is 0. The van der Waals surface area contributed by atoms with Crippen molar-refractivity contribution in [2.24, 2.45) is 11.8 Å². The fourth-order valence-electron chi connectivity index (χ4n) is 5.01. The molecule has 2 aliphatic carbocycles. The molecule has 5 rings (SSSR count). The van der Waals surface area contributed by atoms with Crippen molar-refractivity contribution in [3.63, 3.8) is 0 Å². The molecule has 4 aliphatic rings. The lowest BCUT2D eigenvalue weighted by atomic mass is 10.0. The van der Waals surface area contributed by atoms with Crippen LogP contribution in [0.5, 0.6) is 0 Å². The van der Waals surface area contributed by atoms with Gasteiger partial charge in [0.05, 0.1) is 5.92 Å². The number of piperidine rings is 1. The highest BCUT2D eigenvalue weighted by molar-refractivity contribution is 6.00. The second-order valence-corrected chi connectivity index (χ2v) is 9.09. The predicted molar refractivity (Wildman–Crippen MR) is 109 cm³/mol. The molecule has 0 aromatic heterocycles. The molecule has 154 valence electrons. The van der Waals surface area contributed by atoms with Crippen molar-refractivity contribution in [2.75, 3.05) is 24.5 Å². The van der Waals surface area contributed by atoms with Gasteiger partial charge >= 0.3 is 0 Å². The van der Waals surface area contributed by atoms with Crippen molar-refractivity contribution in [2.45, 2.75) is 57.4 Å². The van der Waals surface area contributed by atoms with Gasteiger partial charge in [-0.2, -0.15) is 0 Å². The van der Waals surface area contributed by atoms with Crippen molar-refractivity contribution in [3.05, 3.63) is 29.3 Å². The maximum absolute atomic E-state index is 12.8. The third-order valence-electron chi connectivity index (χ3n) is 6.97. The van der Waals surface area contributed by atoms with Gasteiger partial charge in [0.25, 0.3) is 0 Å². The summed E-state index contributed by atoms with van der Waals surface area (Å²) in [5, 5.41) is 3.14. The van der Waals surface area contributed by atoms with Gasteiger partial charge in [0, 0.05) is 43.7 Å². The first-order chi connectivity index (χ1) is 14.1. The average Bonchev–Trinajstić information content (AvgIpc) is 3.35. The van der Waals surface area contributed by atoms with Crippen LogP contribution in [0, 0.1) is 11.8 Å². The van der Waals surface area contributed by atoms with Crippen molar-refractivity contribution >= 4 is 23.4 Å². The minimum atomic E-state index is -0.290. The zero-order chi connectivity index (χ0) is 20.0. The molecule has 1 aromatic rings. The van der Waals surface area contributed by atoms with Crippen LogP contribution in [-0.4, -0.2) is 48.3 Å². The number of amides is 3. The molecule has 3 amide bonds. The van der Waals surface area contributed by atoms with Crippen molar-refractivity contribution in [3.8, 4) is 0 Å². The zero-order valence-corrected chi connectivity index (χ0v) is 16.9. The molecular weight excluding hydrogens is 366 g/mol. The second kappa shape index (κ2) is 7.47. The number of carbonyl (C=O) groups excluding carboxylic acids is 3. The molecule has 0 spiro atoms. The summed E-state index contributed by atoms with van der Waals surface area (Å²) in [5.74, 6) is 0.279. The Kier molecular flexibility index (Phi) is 4.80. The lowest BCUT2D eigenvalue weighted by Gasteiger charge is -2.33. The van der Waals surface area contributed by atoms with Crippen molar-refractivity contribution < 1.29 is 14.4 Å². The Morgan fingerprint density at radius 1 is 0.966 bits per heavy atom. The van der Waals surface area contributed by atoms with E-state index in [-0.39, 0.29) is 36.1 Å². The van der Waals surface area contributed by atoms with Gasteiger partial charge in [-0.05, 0) is 68.2 Å². The summed E-state index contributed by atoms with van der Waals surface area (Å²) in [6.45, 7) is 1.92. The van der Waals surface area contributed by atoms with Gasteiger partial charge in [-0.15, -0.1) is 0 Å². The minimum Gasteiger partial charge on any atom is -0.353 e. The van der Waals surface area contributed by atoms with Crippen LogP contribution < -0.4 is 10.2 Å². The molecule has 6 nitrogen and oxygen atoms in total. The fraction of sp³-hybridized carbons (Fsp3) is 0.609. The van der Waals surface area contributed by atoms with E-state index in [4.69, 9.17) is 0 Å². The molecule has 1 saturated carbocycles. The number of carbonyl (C=O) groups is 3. The molecule has 29 heavy (non-hydrogen) atoms. The van der Waals surface area contributed by atoms with E-state index in [1.165, 1.54) is 17.5 Å². The number of nitrogens with zero attached hydrogens (tertiary/aromatic N) is 2. The summed E-state index contributed by atoms with van der Waals surface area (Å²) in [6, 6.07) is 6.40. The highest BCUT2D eigenvalue weighted by Crippen LogP contribution is 2.32. The molecule has 0 radical (unpaired) electrons. The molecule has 6 heteroatoms. The van der Waals surface area contributed by atoms with Crippen molar-refractivity contribution in [1.82, 2.24) is 10.2 Å². The first-order valence-corrected chi connectivity index (χ1v) is 11.1. The summed E-state index contributed by atoms with van der Waals surface area (Å²) in [5.41, 5.74) is 3.66. The second-order valence-electron chi connectivity index (χ2n) is 9.09. The van der Waals surface area contributed by atoms with E-state index >= 15 is 0 Å². The number of hydrogen-bond donors (Lipinski definition) is 1. The van der Waals surface area contributed by atoms with Gasteiger partial charge < -0.3 is 15.1 Å². The van der Waals surface area contributed by atoms with E-state index < -0.39 is 0 Å². The Bertz CT molecular complexity index is 840. The van der Waals surface area contributed by atoms with E-state index in [1.807, 2.05) is 11.0 Å². The number of rotatable bonds is 4. The van der Waals surface area contributed by atoms with E-state index in [0.717, 1.165) is 57.3 Å². The molecule has 2 aliphatic heterocycles. The molecule has 2 saturated heterocycles. The van der Waals surface area contributed by atoms with Crippen LogP contribution in [0.3, 0.4) is 0 Å². The van der Waals surface area contributed by atoms with Crippen LogP contribution in [0.25, 0.3) is 0 Å². The Labute approximate surface area is 171 Å². The van der Waals surface area contributed by atoms with Gasteiger partial charge in [-0.1, -0.05) is 6.07 Å². The van der Waals surface area contributed by atoms with Gasteiger partial charge in [-0.25, -0.2) is 0 Å². The Morgan fingerprint density at radius 3 is 2.48 bits per heavy atom. The zero-order valence-electron chi connectivity index (χ0n) is 16.9. The number of aryl methyl sites for hydroxylation is 2. The molecule has 1 unspecified atom stereocenters. The van der Waals surface area contributed by atoms with Crippen LogP contribution in [0.4, 0.5) is 5.69 Å². The highest BCUT2D eigenvalue weighted by atomic mass is 16.2. The van der Waals surface area contributed by atoms with E-state index in [0.29, 0.717) is 12.5 Å². The first-order valence-electron chi connectivity index (χ1n) is 11.1. The molecule has 3 fully saturated rings. The fourth-order valence-corrected chi connectivity index (χ4v) is 5.01. The SMILES string of the molecule is O=C(NC1CCN(C(=O)C2CC2)CC1)C1CC(=O)N(c2ccc3c(c2)CCC3)C1.